The molecule has 0 unspecified atom stereocenters. The van der Waals surface area contributed by atoms with E-state index < -0.39 is 23.7 Å². The van der Waals surface area contributed by atoms with Crippen molar-refractivity contribution < 1.29 is 18.0 Å². The summed E-state index contributed by atoms with van der Waals surface area (Å²) < 4.78 is 40.3. The van der Waals surface area contributed by atoms with Crippen LogP contribution in [0.15, 0.2) is 71.7 Å². The number of carbonyl (C=O) groups excluding carboxylic acids is 1. The van der Waals surface area contributed by atoms with E-state index in [1.807, 2.05) is 0 Å². The number of alkyl halides is 3. The molecule has 1 amide bonds. The van der Waals surface area contributed by atoms with Crippen LogP contribution in [0.25, 0.3) is 5.69 Å². The number of carbonyl (C=O) groups is 1. The van der Waals surface area contributed by atoms with Crippen LogP contribution < -0.4 is 16.6 Å². The number of anilines is 1. The Labute approximate surface area is 164 Å². The van der Waals surface area contributed by atoms with Crippen LogP contribution in [0.3, 0.4) is 0 Å². The number of halogens is 3. The average Bonchev–Trinajstić information content (AvgIpc) is 2.67. The van der Waals surface area contributed by atoms with Crippen molar-refractivity contribution in [3.05, 3.63) is 93.9 Å². The first-order chi connectivity index (χ1) is 13.6. The molecule has 0 saturated heterocycles. The highest BCUT2D eigenvalue weighted by molar-refractivity contribution is 5.94. The Morgan fingerprint density at radius 3 is 2.41 bits per heavy atom. The topological polar surface area (TPSA) is 77.1 Å². The van der Waals surface area contributed by atoms with Gasteiger partial charge in [-0.05, 0) is 48.9 Å². The molecule has 3 aromatic rings. The Bertz CT molecular complexity index is 1090. The summed E-state index contributed by atoms with van der Waals surface area (Å²) in [6.07, 6.45) is -3.15. The number of nitrogens with one attached hydrogen (secondary N) is 1. The second-order valence-electron chi connectivity index (χ2n) is 6.54. The molecule has 1 atom stereocenters. The molecule has 1 heterocycles. The highest BCUT2D eigenvalue weighted by atomic mass is 19.4. The second-order valence-corrected chi connectivity index (χ2v) is 6.54. The number of aromatic nitrogens is 1. The molecule has 0 aliphatic rings. The molecule has 0 radical (unpaired) electrons. The van der Waals surface area contributed by atoms with Crippen LogP contribution in [0.4, 0.5) is 18.9 Å². The highest BCUT2D eigenvalue weighted by Crippen LogP contribution is 2.32. The summed E-state index contributed by atoms with van der Waals surface area (Å²) in [5, 5.41) is 2.64. The third-order valence-electron chi connectivity index (χ3n) is 4.36. The molecule has 5 nitrogen and oxygen atoms in total. The van der Waals surface area contributed by atoms with Crippen LogP contribution >= 0.6 is 0 Å². The quantitative estimate of drug-likeness (QED) is 0.651. The Hall–Kier alpha value is -3.55. The van der Waals surface area contributed by atoms with E-state index in [0.717, 1.165) is 12.1 Å². The summed E-state index contributed by atoms with van der Waals surface area (Å²) in [6.45, 7) is 1.56. The minimum absolute atomic E-state index is 0.0476. The maximum absolute atomic E-state index is 13.0. The van der Waals surface area contributed by atoms with E-state index in [0.29, 0.717) is 5.69 Å². The molecule has 0 aliphatic carbocycles. The normalized spacial score (nSPS) is 12.4. The van der Waals surface area contributed by atoms with Crippen LogP contribution in [0.2, 0.25) is 0 Å². The van der Waals surface area contributed by atoms with Crippen LogP contribution in [0.5, 0.6) is 0 Å². The standard InChI is InChI=1S/C21H18F3N3O2/c1-13(15-9-16(21(22,23)24)11-17(25)10-15)26-20(29)14-7-8-19(28)27(12-14)18-5-3-2-4-6-18/h2-13H,25H2,1H3,(H,26,29)/t13-/m1/s1. The molecule has 29 heavy (non-hydrogen) atoms. The van der Waals surface area contributed by atoms with Gasteiger partial charge < -0.3 is 11.1 Å². The zero-order chi connectivity index (χ0) is 21.2. The number of pyridine rings is 1. The monoisotopic (exact) mass is 401 g/mol. The zero-order valence-electron chi connectivity index (χ0n) is 15.4. The average molecular weight is 401 g/mol. The fourth-order valence-corrected chi connectivity index (χ4v) is 2.87. The number of para-hydroxylation sites is 1. The Balaban J connectivity index is 1.86. The molecule has 2 aromatic carbocycles. The molecule has 0 bridgehead atoms. The molecular weight excluding hydrogens is 383 g/mol. The molecule has 3 rings (SSSR count). The van der Waals surface area contributed by atoms with Crippen LogP contribution in [-0.2, 0) is 6.18 Å². The summed E-state index contributed by atoms with van der Waals surface area (Å²) in [7, 11) is 0. The van der Waals surface area contributed by atoms with Crippen molar-refractivity contribution in [3.63, 3.8) is 0 Å². The van der Waals surface area contributed by atoms with Gasteiger partial charge in [-0.25, -0.2) is 0 Å². The lowest BCUT2D eigenvalue weighted by Crippen LogP contribution is -2.28. The van der Waals surface area contributed by atoms with Gasteiger partial charge in [0.05, 0.1) is 17.2 Å². The molecule has 8 heteroatoms. The van der Waals surface area contributed by atoms with E-state index in [2.05, 4.69) is 5.32 Å². The van der Waals surface area contributed by atoms with Crippen LogP contribution in [0.1, 0.15) is 34.5 Å². The van der Waals surface area contributed by atoms with E-state index in [-0.39, 0.29) is 22.4 Å². The van der Waals surface area contributed by atoms with E-state index >= 15 is 0 Å². The van der Waals surface area contributed by atoms with Gasteiger partial charge in [0.1, 0.15) is 0 Å². The van der Waals surface area contributed by atoms with E-state index in [9.17, 15) is 22.8 Å². The summed E-state index contributed by atoms with van der Waals surface area (Å²) >= 11 is 0. The number of nitrogens with zero attached hydrogens (tertiary/aromatic N) is 1. The molecule has 0 saturated carbocycles. The van der Waals surface area contributed by atoms with Gasteiger partial charge in [-0.3, -0.25) is 14.2 Å². The van der Waals surface area contributed by atoms with Gasteiger partial charge in [-0.15, -0.1) is 0 Å². The molecule has 3 N–H and O–H groups in total. The fraction of sp³-hybridized carbons (Fsp3) is 0.143. The minimum Gasteiger partial charge on any atom is -0.399 e. The highest BCUT2D eigenvalue weighted by Gasteiger charge is 2.31. The van der Waals surface area contributed by atoms with Crippen molar-refractivity contribution in [2.24, 2.45) is 0 Å². The molecule has 0 fully saturated rings. The number of amides is 1. The van der Waals surface area contributed by atoms with E-state index in [4.69, 9.17) is 5.73 Å². The fourth-order valence-electron chi connectivity index (χ4n) is 2.87. The van der Waals surface area contributed by atoms with Gasteiger partial charge >= 0.3 is 6.18 Å². The molecule has 0 spiro atoms. The number of benzene rings is 2. The zero-order valence-corrected chi connectivity index (χ0v) is 15.4. The van der Waals surface area contributed by atoms with Gasteiger partial charge in [0, 0.05) is 23.6 Å². The lowest BCUT2D eigenvalue weighted by Gasteiger charge is -2.17. The van der Waals surface area contributed by atoms with Gasteiger partial charge in [-0.2, -0.15) is 13.2 Å². The third-order valence-corrected chi connectivity index (χ3v) is 4.36. The summed E-state index contributed by atoms with van der Waals surface area (Å²) in [4.78, 5) is 24.7. The van der Waals surface area contributed by atoms with Gasteiger partial charge in [0.2, 0.25) is 0 Å². The van der Waals surface area contributed by atoms with Crippen molar-refractivity contribution in [1.29, 1.82) is 0 Å². The Kier molecular flexibility index (Phi) is 5.45. The predicted molar refractivity (Wildman–Crippen MR) is 104 cm³/mol. The van der Waals surface area contributed by atoms with Crippen molar-refractivity contribution in [3.8, 4) is 5.69 Å². The summed E-state index contributed by atoms with van der Waals surface area (Å²) in [6, 6.07) is 13.8. The van der Waals surface area contributed by atoms with Crippen molar-refractivity contribution in [2.75, 3.05) is 5.73 Å². The first-order valence-electron chi connectivity index (χ1n) is 8.72. The largest absolute Gasteiger partial charge is 0.416 e. The molecule has 1 aromatic heterocycles. The van der Waals surface area contributed by atoms with Crippen LogP contribution in [-0.4, -0.2) is 10.5 Å². The summed E-state index contributed by atoms with van der Waals surface area (Å²) in [5.41, 5.74) is 5.35. The minimum atomic E-state index is -4.54. The number of hydrogen-bond acceptors (Lipinski definition) is 3. The summed E-state index contributed by atoms with van der Waals surface area (Å²) in [5.74, 6) is -0.529. The van der Waals surface area contributed by atoms with Gasteiger partial charge in [-0.1, -0.05) is 18.2 Å². The number of rotatable bonds is 4. The molecule has 150 valence electrons. The van der Waals surface area contributed by atoms with E-state index in [1.54, 1.807) is 37.3 Å². The first-order valence-corrected chi connectivity index (χ1v) is 8.72. The number of nitrogen functional groups attached to an aromatic ring is 1. The van der Waals surface area contributed by atoms with Crippen LogP contribution in [0, 0.1) is 0 Å². The Morgan fingerprint density at radius 1 is 1.07 bits per heavy atom. The maximum atomic E-state index is 13.0. The van der Waals surface area contributed by atoms with Crippen molar-refractivity contribution >= 4 is 11.6 Å². The Morgan fingerprint density at radius 2 is 1.76 bits per heavy atom. The third kappa shape index (κ3) is 4.66. The lowest BCUT2D eigenvalue weighted by atomic mass is 10.0. The first kappa shape index (κ1) is 20.2. The number of nitrogens with two attached hydrogens (primary N) is 1. The lowest BCUT2D eigenvalue weighted by molar-refractivity contribution is -0.137. The second kappa shape index (κ2) is 7.83. The van der Waals surface area contributed by atoms with Crippen molar-refractivity contribution in [1.82, 2.24) is 9.88 Å². The predicted octanol–water partition coefficient (Wildman–Crippen LogP) is 3.93. The maximum Gasteiger partial charge on any atom is 0.416 e. The number of hydrogen-bond donors (Lipinski definition) is 2. The van der Waals surface area contributed by atoms with E-state index in [1.165, 1.54) is 29.0 Å². The van der Waals surface area contributed by atoms with Gasteiger partial charge in [0.25, 0.3) is 11.5 Å². The van der Waals surface area contributed by atoms with Gasteiger partial charge in [0.15, 0.2) is 0 Å². The molecule has 0 aliphatic heterocycles. The van der Waals surface area contributed by atoms with Crippen molar-refractivity contribution in [2.45, 2.75) is 19.1 Å². The smallest absolute Gasteiger partial charge is 0.399 e. The molecular formula is C21H18F3N3O2. The SMILES string of the molecule is C[C@@H](NC(=O)c1ccc(=O)n(-c2ccccc2)c1)c1cc(N)cc(C(F)(F)F)c1.